The van der Waals surface area contributed by atoms with Crippen molar-refractivity contribution in [3.05, 3.63) is 36.5 Å². The first-order valence-corrected chi connectivity index (χ1v) is 43.5. The largest absolute Gasteiger partial charge is 0.483 e. The first-order valence-electron chi connectivity index (χ1n) is 41.6. The monoisotopic (exact) mass is 1470 g/mol. The minimum absolute atomic E-state index is 0.740. The summed E-state index contributed by atoms with van der Waals surface area (Å²) < 4.78 is 13.5. The Morgan fingerprint density at radius 3 is 0.970 bits per heavy atom. The van der Waals surface area contributed by atoms with E-state index in [4.69, 9.17) is 9.47 Å². The van der Waals surface area contributed by atoms with Gasteiger partial charge >= 0.3 is 0 Å². The molecular formula is C82H195N13O3S2. The zero-order valence-corrected chi connectivity index (χ0v) is 77.7. The predicted molar refractivity (Wildman–Crippen MR) is 489 cm³/mol. The molecule has 2 aliphatic carbocycles. The Morgan fingerprint density at radius 1 is 0.380 bits per heavy atom. The fourth-order valence-corrected chi connectivity index (χ4v) is 5.87. The first kappa shape index (κ1) is 150. The number of thioether (sulfide) groups is 1. The lowest BCUT2D eigenvalue weighted by Crippen LogP contribution is -2.36. The van der Waals surface area contributed by atoms with E-state index in [1.54, 1.807) is 42.6 Å². The van der Waals surface area contributed by atoms with Gasteiger partial charge in [0.1, 0.15) is 13.2 Å². The van der Waals surface area contributed by atoms with Crippen molar-refractivity contribution in [1.29, 1.82) is 0 Å². The number of nitrogens with one attached hydrogen (secondary N) is 5. The standard InChI is InChI=1S/C6H10.C6H8.2C4H8N2.2C4H7NO.2C4H7NS.C3H7N3.C3H6N2O.20C2H6/c2*1-6-4-2-3-5-6;1-2-5-4-6-3-1;1-2-4-6-5-3-1;1-2-5-4-6-3-1;1-2-4-6-5-3-1;1-2-5-4-6-3-1;1-2-4-6-5-3-1;1-2-5-6-3-4-1;1-2-6-3-5-4-1;20*1-2/h1-5H2;2,4H,1,3,5H2;4H,1-3H2,(H,5,6);3,6H,1-2,4H2;4H,1-3H2;3H,1-2,4H2;4H,1-3H2;3H,1-2,4H2;3,5H,1-2H2,(H,4,6);3-4H,1-2H2;20*1-2H3. The second-order valence-electron chi connectivity index (χ2n) is 13.4. The average Bonchev–Trinajstić information content (AvgIpc) is 4.71. The van der Waals surface area contributed by atoms with Gasteiger partial charge in [0.15, 0.2) is 12.8 Å². The van der Waals surface area contributed by atoms with E-state index in [1.807, 2.05) is 295 Å². The molecule has 0 atom stereocenters. The summed E-state index contributed by atoms with van der Waals surface area (Å²) in [6.07, 6.45) is 34.6. The van der Waals surface area contributed by atoms with Gasteiger partial charge in [0, 0.05) is 75.8 Å². The van der Waals surface area contributed by atoms with Gasteiger partial charge in [0.05, 0.1) is 37.9 Å². The molecule has 1 saturated carbocycles. The third-order valence-corrected chi connectivity index (χ3v) is 9.49. The number of allylic oxidation sites excluding steroid dienone is 4. The molecule has 1 fully saturated rings. The molecule has 0 radical (unpaired) electrons. The second-order valence-corrected chi connectivity index (χ2v) is 15.2. The van der Waals surface area contributed by atoms with Crippen molar-refractivity contribution >= 4 is 73.4 Å². The van der Waals surface area contributed by atoms with Gasteiger partial charge in [-0.1, -0.05) is 319 Å². The molecule has 16 nitrogen and oxygen atoms in total. The summed E-state index contributed by atoms with van der Waals surface area (Å²) in [6.45, 7) is 97.8. The lowest BCUT2D eigenvalue weighted by atomic mass is 10.3. The highest BCUT2D eigenvalue weighted by molar-refractivity contribution is 8.12. The summed E-state index contributed by atoms with van der Waals surface area (Å²) in [4.78, 5) is 20.3. The Bertz CT molecular complexity index is 1000. The smallest absolute Gasteiger partial charge is 0.192 e. The number of hydrazone groups is 2. The van der Waals surface area contributed by atoms with Crippen molar-refractivity contribution in [2.24, 2.45) is 39.7 Å². The summed E-state index contributed by atoms with van der Waals surface area (Å²) in [5.41, 5.74) is 15.9. The van der Waals surface area contributed by atoms with Gasteiger partial charge in [-0.2, -0.15) is 5.10 Å². The van der Waals surface area contributed by atoms with Gasteiger partial charge in [-0.3, -0.25) is 20.0 Å². The van der Waals surface area contributed by atoms with Crippen LogP contribution in [0.15, 0.2) is 76.2 Å². The molecule has 0 bridgehead atoms. The topological polar surface area (TPSA) is 187 Å². The van der Waals surface area contributed by atoms with Crippen LogP contribution in [0.5, 0.6) is 0 Å². The van der Waals surface area contributed by atoms with Crippen LogP contribution in [0.2, 0.25) is 0 Å². The number of hydrazine groups is 1. The van der Waals surface area contributed by atoms with E-state index in [2.05, 4.69) is 96.9 Å². The maximum absolute atomic E-state index is 4.78. The molecule has 5 N–H and O–H groups in total. The molecule has 0 spiro atoms. The van der Waals surface area contributed by atoms with Crippen LogP contribution in [0.25, 0.3) is 0 Å². The fourth-order valence-electron chi connectivity index (χ4n) is 4.64. The second kappa shape index (κ2) is 250. The Kier molecular flexibility index (Phi) is 374. The van der Waals surface area contributed by atoms with Crippen molar-refractivity contribution in [3.8, 4) is 0 Å². The molecular weight excluding hydrogens is 1280 g/mol. The van der Waals surface area contributed by atoms with E-state index in [-0.39, 0.29) is 0 Å². The molecule has 0 aromatic heterocycles. The fraction of sp³-hybridized carbons (Fsp3) is 0.829. The predicted octanol–water partition coefficient (Wildman–Crippen LogP) is 27.4. The van der Waals surface area contributed by atoms with Crippen molar-refractivity contribution in [3.63, 3.8) is 0 Å². The van der Waals surface area contributed by atoms with E-state index < -0.39 is 0 Å². The number of oxime groups is 1. The Labute approximate surface area is 644 Å². The molecule has 618 valence electrons. The summed E-state index contributed by atoms with van der Waals surface area (Å²) in [6, 6.07) is 0. The number of nitrogens with zero attached hydrogens (tertiary/aromatic N) is 8. The Hall–Kier alpha value is -4.16. The van der Waals surface area contributed by atoms with Crippen molar-refractivity contribution < 1.29 is 14.3 Å². The third-order valence-electron chi connectivity index (χ3n) is 7.90. The third kappa shape index (κ3) is 242. The molecule has 0 unspecified atom stereocenters. The van der Waals surface area contributed by atoms with E-state index in [9.17, 15) is 0 Å². The lowest BCUT2D eigenvalue weighted by Gasteiger charge is -2.04. The number of rotatable bonds is 0. The zero-order valence-electron chi connectivity index (χ0n) is 76.1. The van der Waals surface area contributed by atoms with Gasteiger partial charge in [-0.05, 0) is 102 Å². The highest BCUT2D eigenvalue weighted by Crippen LogP contribution is 2.21. The van der Waals surface area contributed by atoms with Gasteiger partial charge < -0.3 is 35.9 Å². The summed E-state index contributed by atoms with van der Waals surface area (Å²) in [5.74, 6) is 2.49. The van der Waals surface area contributed by atoms with E-state index in [1.165, 1.54) is 106 Å². The first-order chi connectivity index (χ1) is 49.8. The average molecular weight is 1480 g/mol. The van der Waals surface area contributed by atoms with Crippen LogP contribution < -0.4 is 27.0 Å². The SMILES string of the molecule is C1=NCCCN1.C1=NCCCO1.C1=NCCCS1.C1=NCCNN1.C1=NNCCC1.C1=NNCCO1.C1=NOCCC1.C1=NSCCC1.C=C1C=CCC1.C=C1CCCC1.CC.CC.CC.CC.CC.CC.CC.CC.CC.CC.CC.CC.CC.CC.CC.CC.CC.CC.CC.CC. The molecule has 0 aromatic rings. The summed E-state index contributed by atoms with van der Waals surface area (Å²) >= 11 is 3.47. The van der Waals surface area contributed by atoms with E-state index in [0.29, 0.717) is 0 Å². The number of hydrogen-bond donors (Lipinski definition) is 5. The maximum Gasteiger partial charge on any atom is 0.192 e. The van der Waals surface area contributed by atoms with Gasteiger partial charge in [0.25, 0.3) is 0 Å². The van der Waals surface area contributed by atoms with Crippen LogP contribution in [0.3, 0.4) is 0 Å². The van der Waals surface area contributed by atoms with Gasteiger partial charge in [-0.15, -0.1) is 16.9 Å². The van der Waals surface area contributed by atoms with Crippen LogP contribution in [-0.2, 0) is 14.3 Å². The molecule has 10 rings (SSSR count). The maximum atomic E-state index is 4.78. The molecule has 100 heavy (non-hydrogen) atoms. The molecule has 0 amide bonds. The lowest BCUT2D eigenvalue weighted by molar-refractivity contribution is 0.134. The van der Waals surface area contributed by atoms with Gasteiger partial charge in [-0.25, -0.2) is 9.82 Å². The molecule has 8 aliphatic heterocycles. The Morgan fingerprint density at radius 2 is 0.870 bits per heavy atom. The quantitative estimate of drug-likeness (QED) is 0.115. The number of ether oxygens (including phenoxy) is 2. The van der Waals surface area contributed by atoms with Crippen LogP contribution in [0.4, 0.5) is 0 Å². The van der Waals surface area contributed by atoms with Gasteiger partial charge in [0.2, 0.25) is 0 Å². The molecule has 8 heterocycles. The Balaban J connectivity index is -0.0000000374. The number of hydrogen-bond acceptors (Lipinski definition) is 18. The van der Waals surface area contributed by atoms with Crippen molar-refractivity contribution in [2.75, 3.05) is 83.7 Å². The summed E-state index contributed by atoms with van der Waals surface area (Å²) in [7, 11) is 0. The minimum Gasteiger partial charge on any atom is -0.483 e. The number of aliphatic imine (C=N–C) groups is 4. The van der Waals surface area contributed by atoms with Crippen molar-refractivity contribution in [1.82, 2.24) is 27.0 Å². The normalized spacial score (nSPS) is 13.4. The molecule has 18 heteroatoms. The highest BCUT2D eigenvalue weighted by atomic mass is 32.2. The van der Waals surface area contributed by atoms with Crippen LogP contribution in [0, 0.1) is 0 Å². The van der Waals surface area contributed by atoms with E-state index >= 15 is 0 Å². The molecule has 0 aromatic carbocycles. The molecule has 10 aliphatic rings. The van der Waals surface area contributed by atoms with Crippen LogP contribution in [-0.4, -0.2) is 133 Å². The zero-order chi connectivity index (χ0) is 82.8. The van der Waals surface area contributed by atoms with Crippen molar-refractivity contribution in [2.45, 2.75) is 373 Å². The molecule has 0 saturated heterocycles. The minimum atomic E-state index is 0.740. The van der Waals surface area contributed by atoms with Crippen LogP contribution in [0.1, 0.15) is 373 Å². The van der Waals surface area contributed by atoms with E-state index in [0.717, 1.165) is 97.9 Å². The summed E-state index contributed by atoms with van der Waals surface area (Å²) in [5, 5.41) is 13.9. The highest BCUT2D eigenvalue weighted by Gasteiger charge is 2.01. The van der Waals surface area contributed by atoms with Crippen LogP contribution >= 0.6 is 23.7 Å².